The van der Waals surface area contributed by atoms with Gasteiger partial charge in [-0.1, -0.05) is 13.8 Å². The van der Waals surface area contributed by atoms with E-state index in [9.17, 15) is 10.1 Å². The zero-order chi connectivity index (χ0) is 15.1. The van der Waals surface area contributed by atoms with Crippen molar-refractivity contribution in [1.82, 2.24) is 4.98 Å². The number of hydrogen-bond acceptors (Lipinski definition) is 6. The Hall–Kier alpha value is -2.36. The fourth-order valence-corrected chi connectivity index (χ4v) is 1.86. The molecule has 0 saturated carbocycles. The first-order valence-corrected chi connectivity index (χ1v) is 6.44. The Kier molecular flexibility index (Phi) is 5.72. The third-order valence-electron chi connectivity index (χ3n) is 2.69. The number of nitriles is 1. The Morgan fingerprint density at radius 3 is 2.75 bits per heavy atom. The number of nitro groups is 1. The minimum Gasteiger partial charge on any atom is -0.373 e. The number of nitrogens with zero attached hydrogens (tertiary/aromatic N) is 4. The van der Waals surface area contributed by atoms with Gasteiger partial charge in [0.1, 0.15) is 5.82 Å². The van der Waals surface area contributed by atoms with Gasteiger partial charge in [-0.05, 0) is 12.0 Å². The van der Waals surface area contributed by atoms with Crippen LogP contribution in [0, 0.1) is 27.4 Å². The Labute approximate surface area is 118 Å². The summed E-state index contributed by atoms with van der Waals surface area (Å²) in [5, 5.41) is 22.7. The van der Waals surface area contributed by atoms with Gasteiger partial charge in [0.05, 0.1) is 17.4 Å². The van der Waals surface area contributed by atoms with Crippen LogP contribution in [0.1, 0.15) is 20.3 Å². The number of aromatic nitrogens is 1. The van der Waals surface area contributed by atoms with Gasteiger partial charge in [-0.3, -0.25) is 10.1 Å². The van der Waals surface area contributed by atoms with Crippen molar-refractivity contribution in [3.05, 3.63) is 22.2 Å². The Bertz CT molecular complexity index is 510. The van der Waals surface area contributed by atoms with E-state index in [0.29, 0.717) is 37.1 Å². The highest BCUT2D eigenvalue weighted by Gasteiger charge is 2.22. The van der Waals surface area contributed by atoms with Crippen LogP contribution in [-0.4, -0.2) is 30.0 Å². The number of nitrogens with one attached hydrogen (secondary N) is 1. The van der Waals surface area contributed by atoms with Gasteiger partial charge in [0, 0.05) is 26.2 Å². The molecule has 0 amide bonds. The summed E-state index contributed by atoms with van der Waals surface area (Å²) in [5.41, 5.74) is -0.0393. The lowest BCUT2D eigenvalue weighted by molar-refractivity contribution is -0.384. The van der Waals surface area contributed by atoms with Crippen molar-refractivity contribution < 1.29 is 4.92 Å². The zero-order valence-electron chi connectivity index (χ0n) is 12.0. The van der Waals surface area contributed by atoms with Crippen LogP contribution in [0.4, 0.5) is 17.3 Å². The van der Waals surface area contributed by atoms with Crippen LogP contribution >= 0.6 is 0 Å². The van der Waals surface area contributed by atoms with E-state index in [2.05, 4.69) is 16.4 Å². The summed E-state index contributed by atoms with van der Waals surface area (Å²) < 4.78 is 0. The van der Waals surface area contributed by atoms with Crippen molar-refractivity contribution in [3.8, 4) is 6.07 Å². The Morgan fingerprint density at radius 1 is 1.55 bits per heavy atom. The van der Waals surface area contributed by atoms with E-state index in [1.54, 1.807) is 18.0 Å². The van der Waals surface area contributed by atoms with E-state index in [1.165, 1.54) is 6.07 Å². The molecule has 0 saturated heterocycles. The molecule has 0 unspecified atom stereocenters. The third-order valence-corrected chi connectivity index (χ3v) is 2.69. The van der Waals surface area contributed by atoms with Crippen LogP contribution in [0.15, 0.2) is 12.1 Å². The van der Waals surface area contributed by atoms with Crippen molar-refractivity contribution >= 4 is 17.3 Å². The largest absolute Gasteiger partial charge is 0.373 e. The fraction of sp³-hybridized carbons (Fsp3) is 0.538. The van der Waals surface area contributed by atoms with Crippen molar-refractivity contribution in [2.75, 3.05) is 30.4 Å². The number of hydrogen-bond donors (Lipinski definition) is 1. The van der Waals surface area contributed by atoms with Gasteiger partial charge in [-0.2, -0.15) is 5.26 Å². The molecule has 0 radical (unpaired) electrons. The molecule has 0 spiro atoms. The maximum Gasteiger partial charge on any atom is 0.311 e. The van der Waals surface area contributed by atoms with E-state index in [0.717, 1.165) is 0 Å². The molecule has 0 aliphatic rings. The zero-order valence-corrected chi connectivity index (χ0v) is 12.0. The van der Waals surface area contributed by atoms with Crippen LogP contribution in [0.5, 0.6) is 0 Å². The summed E-state index contributed by atoms with van der Waals surface area (Å²) in [6, 6.07) is 5.07. The molecule has 1 heterocycles. The van der Waals surface area contributed by atoms with E-state index in [4.69, 9.17) is 5.26 Å². The smallest absolute Gasteiger partial charge is 0.311 e. The molecule has 0 bridgehead atoms. The molecule has 1 rings (SSSR count). The molecule has 108 valence electrons. The summed E-state index contributed by atoms with van der Waals surface area (Å²) in [4.78, 5) is 16.8. The minimum atomic E-state index is -0.443. The predicted molar refractivity (Wildman–Crippen MR) is 77.7 cm³/mol. The highest BCUT2D eigenvalue weighted by atomic mass is 16.6. The first kappa shape index (κ1) is 15.7. The molecule has 0 aliphatic carbocycles. The quantitative estimate of drug-likeness (QED) is 0.607. The Morgan fingerprint density at radius 2 is 2.25 bits per heavy atom. The monoisotopic (exact) mass is 277 g/mol. The van der Waals surface area contributed by atoms with Gasteiger partial charge in [0.15, 0.2) is 0 Å². The van der Waals surface area contributed by atoms with Crippen LogP contribution in [0.2, 0.25) is 0 Å². The second kappa shape index (κ2) is 7.28. The average molecular weight is 277 g/mol. The molecule has 7 heteroatoms. The fourth-order valence-electron chi connectivity index (χ4n) is 1.86. The third kappa shape index (κ3) is 4.09. The second-order valence-electron chi connectivity index (χ2n) is 4.79. The molecule has 0 fully saturated rings. The molecule has 0 atom stereocenters. The first-order valence-electron chi connectivity index (χ1n) is 6.44. The van der Waals surface area contributed by atoms with E-state index >= 15 is 0 Å². The number of pyridine rings is 1. The van der Waals surface area contributed by atoms with E-state index in [1.807, 2.05) is 13.8 Å². The SMILES string of the molecule is CNc1ccc([N+](=O)[O-])c(N(CCC#N)CC(C)C)n1. The van der Waals surface area contributed by atoms with Gasteiger partial charge < -0.3 is 10.2 Å². The normalized spacial score (nSPS) is 10.2. The number of rotatable bonds is 7. The van der Waals surface area contributed by atoms with Crippen molar-refractivity contribution in [2.45, 2.75) is 20.3 Å². The summed E-state index contributed by atoms with van der Waals surface area (Å²) in [7, 11) is 1.71. The molecule has 20 heavy (non-hydrogen) atoms. The van der Waals surface area contributed by atoms with Gasteiger partial charge >= 0.3 is 5.69 Å². The van der Waals surface area contributed by atoms with Crippen LogP contribution in [0.25, 0.3) is 0 Å². The topological polar surface area (TPSA) is 95.1 Å². The molecule has 7 nitrogen and oxygen atoms in total. The Balaban J connectivity index is 3.20. The summed E-state index contributed by atoms with van der Waals surface area (Å²) in [5.74, 6) is 1.19. The second-order valence-corrected chi connectivity index (χ2v) is 4.79. The molecule has 1 aromatic rings. The molecule has 0 aromatic carbocycles. The molecule has 0 aliphatic heterocycles. The number of anilines is 2. The highest BCUT2D eigenvalue weighted by molar-refractivity contribution is 5.61. The lowest BCUT2D eigenvalue weighted by Crippen LogP contribution is -2.30. The minimum absolute atomic E-state index is 0.0393. The van der Waals surface area contributed by atoms with Gasteiger partial charge in [-0.15, -0.1) is 0 Å². The van der Waals surface area contributed by atoms with Gasteiger partial charge in [-0.25, -0.2) is 4.98 Å². The summed E-state index contributed by atoms with van der Waals surface area (Å²) in [6.07, 6.45) is 0.301. The maximum absolute atomic E-state index is 11.1. The summed E-state index contributed by atoms with van der Waals surface area (Å²) in [6.45, 7) is 5.08. The maximum atomic E-state index is 11.1. The first-order chi connectivity index (χ1) is 9.49. The molecule has 1 aromatic heterocycles. The predicted octanol–water partition coefficient (Wildman–Crippen LogP) is 2.41. The highest BCUT2D eigenvalue weighted by Crippen LogP contribution is 2.28. The molecular formula is C13H19N5O2. The lowest BCUT2D eigenvalue weighted by Gasteiger charge is -2.24. The van der Waals surface area contributed by atoms with Crippen molar-refractivity contribution in [2.24, 2.45) is 5.92 Å². The van der Waals surface area contributed by atoms with Gasteiger partial charge in [0.25, 0.3) is 0 Å². The molecular weight excluding hydrogens is 258 g/mol. The molecule has 1 N–H and O–H groups in total. The standard InChI is InChI=1S/C13H19N5O2/c1-10(2)9-17(8-4-7-14)13-11(18(19)20)5-6-12(15-3)16-13/h5-6,10H,4,8-9H2,1-3H3,(H,15,16). The van der Waals surface area contributed by atoms with Crippen LogP contribution < -0.4 is 10.2 Å². The van der Waals surface area contributed by atoms with Crippen molar-refractivity contribution in [3.63, 3.8) is 0 Å². The van der Waals surface area contributed by atoms with Crippen LogP contribution in [0.3, 0.4) is 0 Å². The van der Waals surface area contributed by atoms with E-state index < -0.39 is 4.92 Å². The van der Waals surface area contributed by atoms with Gasteiger partial charge in [0.2, 0.25) is 5.82 Å². The van der Waals surface area contributed by atoms with Crippen molar-refractivity contribution in [1.29, 1.82) is 5.26 Å². The lowest BCUT2D eigenvalue weighted by atomic mass is 10.2. The summed E-state index contributed by atoms with van der Waals surface area (Å²) >= 11 is 0. The van der Waals surface area contributed by atoms with E-state index in [-0.39, 0.29) is 5.69 Å². The van der Waals surface area contributed by atoms with Crippen LogP contribution in [-0.2, 0) is 0 Å². The average Bonchev–Trinajstić information content (AvgIpc) is 2.42.